The molecule has 0 aliphatic heterocycles. The van der Waals surface area contributed by atoms with E-state index in [2.05, 4.69) is 10.6 Å². The van der Waals surface area contributed by atoms with Gasteiger partial charge in [-0.3, -0.25) is 4.79 Å². The van der Waals surface area contributed by atoms with Crippen LogP contribution in [-0.2, 0) is 6.18 Å². The number of nitrogens with one attached hydrogen (secondary N) is 2. The predicted molar refractivity (Wildman–Crippen MR) is 114 cm³/mol. The standard InChI is InChI=1S/C23H24F4N4O/c1-31(2)18-9-10-19(21(24)12-18)22(32)30-16-7-5-15(6-8-16)29-17-4-3-14(13-28)20(11-17)23(25,26)27/h3-4,9-12,15-16,29H,5-8H2,1-2H3,(H,30,32). The van der Waals surface area contributed by atoms with Crippen molar-refractivity contribution >= 4 is 17.3 Å². The molecule has 2 aromatic carbocycles. The Balaban J connectivity index is 1.57. The monoisotopic (exact) mass is 448 g/mol. The highest BCUT2D eigenvalue weighted by atomic mass is 19.4. The summed E-state index contributed by atoms with van der Waals surface area (Å²) >= 11 is 0. The zero-order chi connectivity index (χ0) is 23.5. The average Bonchev–Trinajstić information content (AvgIpc) is 2.74. The minimum Gasteiger partial charge on any atom is -0.382 e. The zero-order valence-electron chi connectivity index (χ0n) is 17.8. The van der Waals surface area contributed by atoms with Crippen molar-refractivity contribution < 1.29 is 22.4 Å². The lowest BCUT2D eigenvalue weighted by atomic mass is 9.90. The van der Waals surface area contributed by atoms with E-state index in [1.165, 1.54) is 18.2 Å². The number of anilines is 2. The van der Waals surface area contributed by atoms with Gasteiger partial charge in [0.15, 0.2) is 0 Å². The zero-order valence-corrected chi connectivity index (χ0v) is 17.8. The first-order chi connectivity index (χ1) is 15.1. The molecule has 0 unspecified atom stereocenters. The number of carbonyl (C=O) groups excluding carboxylic acids is 1. The third-order valence-electron chi connectivity index (χ3n) is 5.59. The van der Waals surface area contributed by atoms with Gasteiger partial charge in [0.05, 0.1) is 22.8 Å². The Morgan fingerprint density at radius 2 is 1.72 bits per heavy atom. The van der Waals surface area contributed by atoms with E-state index in [-0.39, 0.29) is 17.6 Å². The molecule has 2 N–H and O–H groups in total. The summed E-state index contributed by atoms with van der Waals surface area (Å²) in [6.45, 7) is 0. The summed E-state index contributed by atoms with van der Waals surface area (Å²) in [5, 5.41) is 14.8. The smallest absolute Gasteiger partial charge is 0.382 e. The molecule has 0 atom stereocenters. The maximum atomic E-state index is 14.3. The first-order valence-corrected chi connectivity index (χ1v) is 10.2. The fourth-order valence-electron chi connectivity index (χ4n) is 3.81. The summed E-state index contributed by atoms with van der Waals surface area (Å²) in [5.41, 5.74) is -0.448. The molecule has 1 amide bonds. The van der Waals surface area contributed by atoms with Crippen molar-refractivity contribution in [3.05, 3.63) is 58.9 Å². The highest BCUT2D eigenvalue weighted by Gasteiger charge is 2.34. The van der Waals surface area contributed by atoms with E-state index in [9.17, 15) is 22.4 Å². The van der Waals surface area contributed by atoms with Gasteiger partial charge in [-0.15, -0.1) is 0 Å². The number of carbonyl (C=O) groups is 1. The summed E-state index contributed by atoms with van der Waals surface area (Å²) in [6.07, 6.45) is -2.11. The normalized spacial score (nSPS) is 18.5. The predicted octanol–water partition coefficient (Wildman–Crippen LogP) is 4.94. The molecule has 1 aliphatic rings. The van der Waals surface area contributed by atoms with E-state index < -0.39 is 29.0 Å². The third kappa shape index (κ3) is 5.49. The Morgan fingerprint density at radius 1 is 1.06 bits per heavy atom. The molecule has 0 bridgehead atoms. The van der Waals surface area contributed by atoms with Crippen LogP contribution in [0, 0.1) is 17.1 Å². The fraction of sp³-hybridized carbons (Fsp3) is 0.391. The van der Waals surface area contributed by atoms with Gasteiger partial charge in [-0.05, 0) is 62.1 Å². The van der Waals surface area contributed by atoms with Crippen LogP contribution in [0.25, 0.3) is 0 Å². The van der Waals surface area contributed by atoms with Crippen molar-refractivity contribution in [1.82, 2.24) is 5.32 Å². The minimum atomic E-state index is -4.61. The topological polar surface area (TPSA) is 68.2 Å². The van der Waals surface area contributed by atoms with Crippen LogP contribution < -0.4 is 15.5 Å². The maximum Gasteiger partial charge on any atom is 0.417 e. The second kappa shape index (κ2) is 9.47. The van der Waals surface area contributed by atoms with Gasteiger partial charge in [0.2, 0.25) is 0 Å². The lowest BCUT2D eigenvalue weighted by Gasteiger charge is -2.30. The lowest BCUT2D eigenvalue weighted by molar-refractivity contribution is -0.137. The van der Waals surface area contributed by atoms with E-state index in [0.717, 1.165) is 12.1 Å². The van der Waals surface area contributed by atoms with Crippen molar-refractivity contribution in [2.24, 2.45) is 0 Å². The van der Waals surface area contributed by atoms with E-state index in [0.29, 0.717) is 37.1 Å². The quantitative estimate of drug-likeness (QED) is 0.636. The largest absolute Gasteiger partial charge is 0.417 e. The molecule has 1 saturated carbocycles. The molecule has 0 aromatic heterocycles. The molecule has 0 radical (unpaired) electrons. The van der Waals surface area contributed by atoms with E-state index in [4.69, 9.17) is 5.26 Å². The highest BCUT2D eigenvalue weighted by Crippen LogP contribution is 2.34. The van der Waals surface area contributed by atoms with Gasteiger partial charge in [-0.1, -0.05) is 0 Å². The van der Waals surface area contributed by atoms with Gasteiger partial charge in [-0.25, -0.2) is 4.39 Å². The van der Waals surface area contributed by atoms with Crippen molar-refractivity contribution in [2.45, 2.75) is 43.9 Å². The molecular formula is C23H24F4N4O. The summed E-state index contributed by atoms with van der Waals surface area (Å²) in [5.74, 6) is -1.07. The lowest BCUT2D eigenvalue weighted by Crippen LogP contribution is -2.40. The number of amides is 1. The summed E-state index contributed by atoms with van der Waals surface area (Å²) in [6, 6.07) is 9.37. The van der Waals surface area contributed by atoms with E-state index in [1.54, 1.807) is 31.1 Å². The van der Waals surface area contributed by atoms with Crippen LogP contribution in [0.5, 0.6) is 0 Å². The van der Waals surface area contributed by atoms with E-state index in [1.807, 2.05) is 0 Å². The molecule has 1 fully saturated rings. The number of nitrogens with zero attached hydrogens (tertiary/aromatic N) is 2. The molecule has 0 spiro atoms. The van der Waals surface area contributed by atoms with Gasteiger partial charge in [-0.2, -0.15) is 18.4 Å². The van der Waals surface area contributed by atoms with Gasteiger partial charge in [0, 0.05) is 37.6 Å². The molecule has 5 nitrogen and oxygen atoms in total. The summed E-state index contributed by atoms with van der Waals surface area (Å²) in [7, 11) is 3.56. The molecule has 0 saturated heterocycles. The van der Waals surface area contributed by atoms with Crippen LogP contribution >= 0.6 is 0 Å². The molecule has 9 heteroatoms. The van der Waals surface area contributed by atoms with Crippen molar-refractivity contribution in [2.75, 3.05) is 24.3 Å². The average molecular weight is 448 g/mol. The third-order valence-corrected chi connectivity index (χ3v) is 5.59. The number of nitriles is 1. The number of rotatable bonds is 5. The Bertz CT molecular complexity index is 1020. The van der Waals surface area contributed by atoms with Crippen molar-refractivity contribution in [3.63, 3.8) is 0 Å². The van der Waals surface area contributed by atoms with Gasteiger partial charge in [0.1, 0.15) is 5.82 Å². The van der Waals surface area contributed by atoms with Gasteiger partial charge >= 0.3 is 6.18 Å². The van der Waals surface area contributed by atoms with Gasteiger partial charge < -0.3 is 15.5 Å². The second-order valence-electron chi connectivity index (χ2n) is 8.09. The molecule has 1 aliphatic carbocycles. The second-order valence-corrected chi connectivity index (χ2v) is 8.09. The molecule has 3 rings (SSSR count). The number of benzene rings is 2. The van der Waals surface area contributed by atoms with Crippen LogP contribution in [0.1, 0.15) is 47.2 Å². The Hall–Kier alpha value is -3.28. The van der Waals surface area contributed by atoms with Crippen molar-refractivity contribution in [1.29, 1.82) is 5.26 Å². The molecule has 0 heterocycles. The van der Waals surface area contributed by atoms with Crippen LogP contribution in [0.15, 0.2) is 36.4 Å². The summed E-state index contributed by atoms with van der Waals surface area (Å²) < 4.78 is 53.7. The Morgan fingerprint density at radius 3 is 2.28 bits per heavy atom. The summed E-state index contributed by atoms with van der Waals surface area (Å²) in [4.78, 5) is 14.2. The van der Waals surface area contributed by atoms with Crippen molar-refractivity contribution in [3.8, 4) is 6.07 Å². The first kappa shape index (κ1) is 23.4. The van der Waals surface area contributed by atoms with Crippen LogP contribution in [-0.4, -0.2) is 32.1 Å². The van der Waals surface area contributed by atoms with Gasteiger partial charge in [0.25, 0.3) is 5.91 Å². The fourth-order valence-corrected chi connectivity index (χ4v) is 3.81. The molecule has 32 heavy (non-hydrogen) atoms. The molecular weight excluding hydrogens is 424 g/mol. The number of alkyl halides is 3. The van der Waals surface area contributed by atoms with Crippen LogP contribution in [0.3, 0.4) is 0 Å². The number of halogens is 4. The first-order valence-electron chi connectivity index (χ1n) is 10.2. The highest BCUT2D eigenvalue weighted by molar-refractivity contribution is 5.95. The SMILES string of the molecule is CN(C)c1ccc(C(=O)NC2CCC(Nc3ccc(C#N)c(C(F)(F)F)c3)CC2)c(F)c1. The Labute approximate surface area is 184 Å². The van der Waals surface area contributed by atoms with Crippen LogP contribution in [0.4, 0.5) is 28.9 Å². The number of hydrogen-bond acceptors (Lipinski definition) is 4. The van der Waals surface area contributed by atoms with E-state index >= 15 is 0 Å². The minimum absolute atomic E-state index is 0.0203. The Kier molecular flexibility index (Phi) is 6.92. The van der Waals surface area contributed by atoms with Crippen LogP contribution in [0.2, 0.25) is 0 Å². The molecule has 2 aromatic rings. The molecule has 170 valence electrons. The maximum absolute atomic E-state index is 14.3. The number of hydrogen-bond donors (Lipinski definition) is 2.